The molecule has 5 rings (SSSR count). The highest BCUT2D eigenvalue weighted by Gasteiger charge is 2.55. The normalized spacial score (nSPS) is 21.7. The van der Waals surface area contributed by atoms with Crippen molar-refractivity contribution in [2.24, 2.45) is 0 Å². The number of carbonyl (C=O) groups excluding carboxylic acids is 3. The number of aryl methyl sites for hydroxylation is 3. The van der Waals surface area contributed by atoms with Gasteiger partial charge in [0.2, 0.25) is 5.91 Å². The minimum Gasteiger partial charge on any atom is -0.319 e. The monoisotopic (exact) mass is 436 g/mol. The van der Waals surface area contributed by atoms with Crippen molar-refractivity contribution in [1.29, 1.82) is 0 Å². The molecule has 1 N–H and O–H groups in total. The molecule has 1 spiro atoms. The van der Waals surface area contributed by atoms with Crippen LogP contribution in [0, 0.1) is 0 Å². The number of aromatic nitrogens is 1. The molecule has 2 aromatic rings. The minimum atomic E-state index is -1.06. The van der Waals surface area contributed by atoms with Crippen LogP contribution in [0.25, 0.3) is 0 Å². The summed E-state index contributed by atoms with van der Waals surface area (Å²) in [6, 6.07) is 7.15. The van der Waals surface area contributed by atoms with E-state index in [9.17, 15) is 14.4 Å². The first-order chi connectivity index (χ1) is 15.0. The van der Waals surface area contributed by atoms with Gasteiger partial charge in [-0.1, -0.05) is 30.3 Å². The summed E-state index contributed by atoms with van der Waals surface area (Å²) in [4.78, 5) is 47.8. The van der Waals surface area contributed by atoms with Crippen molar-refractivity contribution in [3.05, 3.63) is 58.6 Å². The second kappa shape index (κ2) is 7.60. The van der Waals surface area contributed by atoms with Gasteiger partial charge in [-0.3, -0.25) is 19.4 Å². The van der Waals surface area contributed by atoms with E-state index in [0.717, 1.165) is 53.8 Å². The highest BCUT2D eigenvalue weighted by atomic mass is 32.1. The van der Waals surface area contributed by atoms with Gasteiger partial charge in [0.15, 0.2) is 5.13 Å². The van der Waals surface area contributed by atoms with Crippen molar-refractivity contribution in [2.45, 2.75) is 44.1 Å². The molecule has 0 unspecified atom stereocenters. The lowest BCUT2D eigenvalue weighted by Crippen LogP contribution is -2.45. The zero-order valence-electron chi connectivity index (χ0n) is 17.2. The third-order valence-electron chi connectivity index (χ3n) is 6.39. The summed E-state index contributed by atoms with van der Waals surface area (Å²) in [5, 5.41) is 3.49. The molecule has 3 aliphatic rings. The highest BCUT2D eigenvalue weighted by molar-refractivity contribution is 7.16. The SMILES string of the molecule is C=CCN(C(=O)CN1C(=O)N[C@@]2(CCc3ccccc32)C1=O)c1nc2c(s1)CCCC2. The summed E-state index contributed by atoms with van der Waals surface area (Å²) in [6.07, 6.45) is 7.02. The quantitative estimate of drug-likeness (QED) is 0.577. The number of nitrogens with zero attached hydrogens (tertiary/aromatic N) is 3. The second-order valence-corrected chi connectivity index (χ2v) is 9.31. The predicted octanol–water partition coefficient (Wildman–Crippen LogP) is 2.93. The number of thiazole rings is 1. The molecule has 0 saturated carbocycles. The smallest absolute Gasteiger partial charge is 0.319 e. The number of carbonyl (C=O) groups is 3. The summed E-state index contributed by atoms with van der Waals surface area (Å²) in [6.45, 7) is 3.73. The molecule has 31 heavy (non-hydrogen) atoms. The Kier molecular flexibility index (Phi) is 4.89. The number of hydrogen-bond donors (Lipinski definition) is 1. The van der Waals surface area contributed by atoms with Crippen LogP contribution in [0.15, 0.2) is 36.9 Å². The molecular formula is C23H24N4O3S. The molecule has 1 aromatic heterocycles. The van der Waals surface area contributed by atoms with Crippen molar-refractivity contribution in [3.63, 3.8) is 0 Å². The van der Waals surface area contributed by atoms with E-state index in [1.54, 1.807) is 6.08 Å². The van der Waals surface area contributed by atoms with Gasteiger partial charge in [-0.2, -0.15) is 0 Å². The van der Waals surface area contributed by atoms with Crippen LogP contribution in [-0.2, 0) is 34.4 Å². The molecule has 1 aromatic carbocycles. The van der Waals surface area contributed by atoms with Gasteiger partial charge in [-0.05, 0) is 49.7 Å². The number of imide groups is 1. The first-order valence-electron chi connectivity index (χ1n) is 10.7. The molecule has 2 aliphatic carbocycles. The Labute approximate surface area is 184 Å². The van der Waals surface area contributed by atoms with E-state index in [2.05, 4.69) is 16.9 Å². The van der Waals surface area contributed by atoms with Crippen molar-refractivity contribution in [1.82, 2.24) is 15.2 Å². The molecule has 4 amide bonds. The summed E-state index contributed by atoms with van der Waals surface area (Å²) in [5.74, 6) is -0.689. The van der Waals surface area contributed by atoms with E-state index in [0.29, 0.717) is 11.6 Å². The van der Waals surface area contributed by atoms with E-state index in [-0.39, 0.29) is 24.9 Å². The van der Waals surface area contributed by atoms with E-state index in [4.69, 9.17) is 0 Å². The van der Waals surface area contributed by atoms with E-state index in [1.807, 2.05) is 24.3 Å². The lowest BCUT2D eigenvalue weighted by molar-refractivity contribution is -0.134. The number of urea groups is 1. The second-order valence-electron chi connectivity index (χ2n) is 8.25. The molecule has 0 bridgehead atoms. The Balaban J connectivity index is 1.39. The Morgan fingerprint density at radius 2 is 2.06 bits per heavy atom. The Morgan fingerprint density at radius 1 is 1.26 bits per heavy atom. The summed E-state index contributed by atoms with van der Waals surface area (Å²) in [7, 11) is 0. The number of anilines is 1. The molecule has 160 valence electrons. The maximum atomic E-state index is 13.4. The van der Waals surface area contributed by atoms with Gasteiger partial charge in [0.1, 0.15) is 12.1 Å². The van der Waals surface area contributed by atoms with Gasteiger partial charge in [0.25, 0.3) is 5.91 Å². The lowest BCUT2D eigenvalue weighted by Gasteiger charge is -2.23. The predicted molar refractivity (Wildman–Crippen MR) is 118 cm³/mol. The largest absolute Gasteiger partial charge is 0.325 e. The lowest BCUT2D eigenvalue weighted by atomic mass is 9.92. The fraction of sp³-hybridized carbons (Fsp3) is 0.391. The molecule has 0 radical (unpaired) electrons. The fourth-order valence-electron chi connectivity index (χ4n) is 4.82. The van der Waals surface area contributed by atoms with Gasteiger partial charge in [0.05, 0.1) is 5.69 Å². The van der Waals surface area contributed by atoms with Crippen LogP contribution in [0.2, 0.25) is 0 Å². The van der Waals surface area contributed by atoms with E-state index in [1.165, 1.54) is 21.1 Å². The van der Waals surface area contributed by atoms with Gasteiger partial charge in [-0.25, -0.2) is 9.78 Å². The van der Waals surface area contributed by atoms with Crippen LogP contribution in [0.1, 0.15) is 41.0 Å². The number of rotatable bonds is 5. The Morgan fingerprint density at radius 3 is 2.87 bits per heavy atom. The molecular weight excluding hydrogens is 412 g/mol. The van der Waals surface area contributed by atoms with E-state index < -0.39 is 11.6 Å². The van der Waals surface area contributed by atoms with Gasteiger partial charge < -0.3 is 5.32 Å². The van der Waals surface area contributed by atoms with Crippen LogP contribution >= 0.6 is 11.3 Å². The standard InChI is InChI=1S/C23H24N4O3S/c1-2-13-26(22-24-17-9-5-6-10-18(17)31-22)19(28)14-27-20(29)23(25-21(27)30)12-11-15-7-3-4-8-16(15)23/h2-4,7-8H,1,5-6,9-14H2,(H,25,30)/t23-/m1/s1. The zero-order valence-corrected chi connectivity index (χ0v) is 18.0. The summed E-state index contributed by atoms with van der Waals surface area (Å²) in [5.41, 5.74) is 1.90. The van der Waals surface area contributed by atoms with Crippen LogP contribution in [0.4, 0.5) is 9.93 Å². The Hall–Kier alpha value is -3.00. The van der Waals surface area contributed by atoms with Crippen LogP contribution < -0.4 is 10.2 Å². The number of fused-ring (bicyclic) bond motifs is 3. The number of nitrogens with one attached hydrogen (secondary N) is 1. The van der Waals surface area contributed by atoms with Crippen molar-refractivity contribution >= 4 is 34.3 Å². The van der Waals surface area contributed by atoms with Crippen molar-refractivity contribution in [3.8, 4) is 0 Å². The average molecular weight is 437 g/mol. The average Bonchev–Trinajstić information content (AvgIpc) is 3.43. The maximum absolute atomic E-state index is 13.4. The van der Waals surface area contributed by atoms with Crippen molar-refractivity contribution in [2.75, 3.05) is 18.0 Å². The highest BCUT2D eigenvalue weighted by Crippen LogP contribution is 2.41. The summed E-state index contributed by atoms with van der Waals surface area (Å²) >= 11 is 1.52. The minimum absolute atomic E-state index is 0.281. The van der Waals surface area contributed by atoms with Gasteiger partial charge in [-0.15, -0.1) is 17.9 Å². The van der Waals surface area contributed by atoms with Crippen molar-refractivity contribution < 1.29 is 14.4 Å². The van der Waals surface area contributed by atoms with E-state index >= 15 is 0 Å². The van der Waals surface area contributed by atoms with Crippen LogP contribution in [0.3, 0.4) is 0 Å². The number of amides is 4. The van der Waals surface area contributed by atoms with Gasteiger partial charge in [0, 0.05) is 11.4 Å². The summed E-state index contributed by atoms with van der Waals surface area (Å²) < 4.78 is 0. The van der Waals surface area contributed by atoms with Gasteiger partial charge >= 0.3 is 6.03 Å². The fourth-order valence-corrected chi connectivity index (χ4v) is 6.00. The third-order valence-corrected chi connectivity index (χ3v) is 7.57. The topological polar surface area (TPSA) is 82.6 Å². The maximum Gasteiger partial charge on any atom is 0.325 e. The molecule has 2 heterocycles. The molecule has 1 atom stereocenters. The number of benzene rings is 1. The molecule has 1 aliphatic heterocycles. The Bertz CT molecular complexity index is 1070. The van der Waals surface area contributed by atoms with Crippen LogP contribution in [-0.4, -0.2) is 40.8 Å². The molecule has 1 saturated heterocycles. The zero-order chi connectivity index (χ0) is 21.6. The first-order valence-corrected chi connectivity index (χ1v) is 11.5. The third kappa shape index (κ3) is 3.17. The molecule has 8 heteroatoms. The van der Waals surface area contributed by atoms with Crippen LogP contribution in [0.5, 0.6) is 0 Å². The first kappa shape index (κ1) is 19.9. The molecule has 7 nitrogen and oxygen atoms in total. The molecule has 1 fully saturated rings. The number of hydrogen-bond acceptors (Lipinski definition) is 5.